The molecule has 0 bridgehead atoms. The van der Waals surface area contributed by atoms with Gasteiger partial charge in [-0.2, -0.15) is 0 Å². The minimum absolute atomic E-state index is 0.317. The van der Waals surface area contributed by atoms with Crippen molar-refractivity contribution in [3.8, 4) is 5.75 Å². The Kier molecular flexibility index (Phi) is 6.20. The number of unbranched alkanes of at least 4 members (excludes halogenated alkanes) is 1. The zero-order chi connectivity index (χ0) is 13.4. The van der Waals surface area contributed by atoms with Crippen molar-refractivity contribution < 1.29 is 4.74 Å². The topological polar surface area (TPSA) is 21.3 Å². The maximum absolute atomic E-state index is 5.82. The molecule has 1 rings (SSSR count). The summed E-state index contributed by atoms with van der Waals surface area (Å²) in [5, 5.41) is 3.49. The van der Waals surface area contributed by atoms with Gasteiger partial charge in [-0.3, -0.25) is 0 Å². The average molecular weight is 249 g/mol. The Labute approximate surface area is 112 Å². The smallest absolute Gasteiger partial charge is 0.123 e. The van der Waals surface area contributed by atoms with Crippen LogP contribution in [0.1, 0.15) is 46.1 Å². The quantitative estimate of drug-likeness (QED) is 0.737. The summed E-state index contributed by atoms with van der Waals surface area (Å²) < 4.78 is 5.82. The Balaban J connectivity index is 2.48. The molecule has 0 unspecified atom stereocenters. The van der Waals surface area contributed by atoms with E-state index in [4.69, 9.17) is 4.74 Å². The van der Waals surface area contributed by atoms with Gasteiger partial charge >= 0.3 is 0 Å². The molecule has 0 saturated carbocycles. The third-order valence-electron chi connectivity index (χ3n) is 2.70. The first kappa shape index (κ1) is 15.0. The minimum Gasteiger partial charge on any atom is -0.493 e. The molecule has 0 aliphatic carbocycles. The van der Waals surface area contributed by atoms with E-state index < -0.39 is 0 Å². The minimum atomic E-state index is 0.317. The van der Waals surface area contributed by atoms with Gasteiger partial charge in [-0.15, -0.1) is 0 Å². The summed E-state index contributed by atoms with van der Waals surface area (Å²) in [6, 6.07) is 8.30. The molecule has 0 spiro atoms. The van der Waals surface area contributed by atoms with Gasteiger partial charge in [0.25, 0.3) is 0 Å². The van der Waals surface area contributed by atoms with Gasteiger partial charge in [0.15, 0.2) is 0 Å². The summed E-state index contributed by atoms with van der Waals surface area (Å²) in [7, 11) is 0. The summed E-state index contributed by atoms with van der Waals surface area (Å²) >= 11 is 0. The number of para-hydroxylation sites is 1. The lowest BCUT2D eigenvalue weighted by Gasteiger charge is -2.19. The Morgan fingerprint density at radius 3 is 2.56 bits per heavy atom. The van der Waals surface area contributed by atoms with Crippen molar-refractivity contribution in [2.75, 3.05) is 13.2 Å². The molecule has 0 aliphatic rings. The van der Waals surface area contributed by atoms with Gasteiger partial charge in [-0.1, -0.05) is 52.3 Å². The van der Waals surface area contributed by atoms with Gasteiger partial charge < -0.3 is 10.1 Å². The van der Waals surface area contributed by atoms with Crippen LogP contribution >= 0.6 is 0 Å². The van der Waals surface area contributed by atoms with Crippen LogP contribution < -0.4 is 10.1 Å². The van der Waals surface area contributed by atoms with Gasteiger partial charge in [-0.05, 0) is 17.9 Å². The lowest BCUT2D eigenvalue weighted by Crippen LogP contribution is -2.26. The summed E-state index contributed by atoms with van der Waals surface area (Å²) in [5.74, 6) is 1.02. The maximum atomic E-state index is 5.82. The highest BCUT2D eigenvalue weighted by atomic mass is 16.5. The maximum Gasteiger partial charge on any atom is 0.123 e. The van der Waals surface area contributed by atoms with Crippen molar-refractivity contribution in [1.82, 2.24) is 5.32 Å². The second kappa shape index (κ2) is 7.42. The SMILES string of the molecule is CCCCOc1ccccc1CNCC(C)(C)C. The Bertz CT molecular complexity index is 341. The van der Waals surface area contributed by atoms with E-state index in [1.54, 1.807) is 0 Å². The zero-order valence-electron chi connectivity index (χ0n) is 12.3. The number of nitrogens with one attached hydrogen (secondary N) is 1. The average Bonchev–Trinajstić information content (AvgIpc) is 2.30. The second-order valence-corrected chi connectivity index (χ2v) is 5.97. The van der Waals surface area contributed by atoms with Crippen LogP contribution in [0, 0.1) is 5.41 Å². The molecule has 0 atom stereocenters. The highest BCUT2D eigenvalue weighted by Gasteiger charge is 2.10. The van der Waals surface area contributed by atoms with Crippen LogP contribution in [0.3, 0.4) is 0 Å². The molecule has 2 heteroatoms. The third-order valence-corrected chi connectivity index (χ3v) is 2.70. The van der Waals surface area contributed by atoms with Crippen LogP contribution in [-0.2, 0) is 6.54 Å². The molecule has 102 valence electrons. The van der Waals surface area contributed by atoms with E-state index in [0.717, 1.165) is 31.9 Å². The van der Waals surface area contributed by atoms with Gasteiger partial charge in [0.2, 0.25) is 0 Å². The summed E-state index contributed by atoms with van der Waals surface area (Å²) in [6.07, 6.45) is 2.29. The van der Waals surface area contributed by atoms with Crippen molar-refractivity contribution >= 4 is 0 Å². The lowest BCUT2D eigenvalue weighted by atomic mass is 9.97. The molecular weight excluding hydrogens is 222 g/mol. The molecule has 0 heterocycles. The first-order valence-corrected chi connectivity index (χ1v) is 6.94. The van der Waals surface area contributed by atoms with Crippen molar-refractivity contribution in [1.29, 1.82) is 0 Å². The number of benzene rings is 1. The predicted molar refractivity (Wildman–Crippen MR) is 78.0 cm³/mol. The van der Waals surface area contributed by atoms with E-state index >= 15 is 0 Å². The molecule has 0 amide bonds. The van der Waals surface area contributed by atoms with Crippen molar-refractivity contribution in [3.63, 3.8) is 0 Å². The van der Waals surface area contributed by atoms with E-state index in [1.165, 1.54) is 12.0 Å². The normalized spacial score (nSPS) is 11.6. The highest BCUT2D eigenvalue weighted by Crippen LogP contribution is 2.19. The Hall–Kier alpha value is -1.02. The molecule has 0 radical (unpaired) electrons. The van der Waals surface area contributed by atoms with Gasteiger partial charge in [-0.25, -0.2) is 0 Å². The van der Waals surface area contributed by atoms with E-state index in [0.29, 0.717) is 5.41 Å². The zero-order valence-corrected chi connectivity index (χ0v) is 12.3. The molecular formula is C16H27NO. The summed E-state index contributed by atoms with van der Waals surface area (Å²) in [5.41, 5.74) is 1.57. The predicted octanol–water partition coefficient (Wildman–Crippen LogP) is 4.00. The summed E-state index contributed by atoms with van der Waals surface area (Å²) in [4.78, 5) is 0. The fraction of sp³-hybridized carbons (Fsp3) is 0.625. The first-order chi connectivity index (χ1) is 8.53. The van der Waals surface area contributed by atoms with E-state index in [2.05, 4.69) is 51.2 Å². The van der Waals surface area contributed by atoms with Gasteiger partial charge in [0, 0.05) is 18.7 Å². The van der Waals surface area contributed by atoms with Gasteiger partial charge in [0.05, 0.1) is 6.61 Å². The first-order valence-electron chi connectivity index (χ1n) is 6.94. The molecule has 0 saturated heterocycles. The van der Waals surface area contributed by atoms with Crippen molar-refractivity contribution in [2.45, 2.75) is 47.1 Å². The Morgan fingerprint density at radius 2 is 1.89 bits per heavy atom. The molecule has 1 aromatic rings. The summed E-state index contributed by atoms with van der Waals surface area (Å²) in [6.45, 7) is 11.6. The van der Waals surface area contributed by atoms with Crippen LogP contribution in [0.15, 0.2) is 24.3 Å². The fourth-order valence-corrected chi connectivity index (χ4v) is 1.69. The number of rotatable bonds is 7. The van der Waals surface area contributed by atoms with Crippen LogP contribution in [0.25, 0.3) is 0 Å². The third kappa shape index (κ3) is 6.06. The van der Waals surface area contributed by atoms with E-state index in [1.807, 2.05) is 6.07 Å². The van der Waals surface area contributed by atoms with E-state index in [9.17, 15) is 0 Å². The molecule has 2 nitrogen and oxygen atoms in total. The highest BCUT2D eigenvalue weighted by molar-refractivity contribution is 5.33. The monoisotopic (exact) mass is 249 g/mol. The van der Waals surface area contributed by atoms with Crippen LogP contribution in [0.5, 0.6) is 5.75 Å². The van der Waals surface area contributed by atoms with Crippen molar-refractivity contribution in [3.05, 3.63) is 29.8 Å². The molecule has 18 heavy (non-hydrogen) atoms. The lowest BCUT2D eigenvalue weighted by molar-refractivity contribution is 0.304. The van der Waals surface area contributed by atoms with Gasteiger partial charge in [0.1, 0.15) is 5.75 Å². The number of ether oxygens (including phenoxy) is 1. The molecule has 1 aromatic carbocycles. The fourth-order valence-electron chi connectivity index (χ4n) is 1.69. The van der Waals surface area contributed by atoms with Crippen LogP contribution in [-0.4, -0.2) is 13.2 Å². The Morgan fingerprint density at radius 1 is 1.17 bits per heavy atom. The number of hydrogen-bond donors (Lipinski definition) is 1. The molecule has 0 fully saturated rings. The van der Waals surface area contributed by atoms with E-state index in [-0.39, 0.29) is 0 Å². The largest absolute Gasteiger partial charge is 0.493 e. The molecule has 1 N–H and O–H groups in total. The van der Waals surface area contributed by atoms with Crippen LogP contribution in [0.2, 0.25) is 0 Å². The standard InChI is InChI=1S/C16H27NO/c1-5-6-11-18-15-10-8-7-9-14(15)12-17-13-16(2,3)4/h7-10,17H,5-6,11-13H2,1-4H3. The number of hydrogen-bond acceptors (Lipinski definition) is 2. The van der Waals surface area contributed by atoms with Crippen LogP contribution in [0.4, 0.5) is 0 Å². The molecule has 0 aliphatic heterocycles. The molecule has 0 aromatic heterocycles. The second-order valence-electron chi connectivity index (χ2n) is 5.97. The van der Waals surface area contributed by atoms with Crippen molar-refractivity contribution in [2.24, 2.45) is 5.41 Å².